The van der Waals surface area contributed by atoms with E-state index >= 15 is 0 Å². The van der Waals surface area contributed by atoms with Crippen LogP contribution in [0.15, 0.2) is 6.20 Å². The highest BCUT2D eigenvalue weighted by atomic mass is 15.3. The number of nitrogens with zero attached hydrogens (tertiary/aromatic N) is 2. The fourth-order valence-corrected chi connectivity index (χ4v) is 2.80. The molecule has 0 radical (unpaired) electrons. The number of nitrogens with one attached hydrogen (secondary N) is 1. The number of aryl methyl sites for hydroxylation is 2. The Balaban J connectivity index is 2.02. The van der Waals surface area contributed by atoms with E-state index in [4.69, 9.17) is 5.73 Å². The lowest BCUT2D eigenvalue weighted by Gasteiger charge is -2.27. The summed E-state index contributed by atoms with van der Waals surface area (Å²) < 4.78 is 1.87. The number of rotatable bonds is 4. The van der Waals surface area contributed by atoms with Crippen LogP contribution >= 0.6 is 0 Å². The first-order chi connectivity index (χ1) is 8.20. The molecule has 1 saturated carbocycles. The summed E-state index contributed by atoms with van der Waals surface area (Å²) in [5, 5.41) is 8.09. The zero-order valence-electron chi connectivity index (χ0n) is 10.9. The Morgan fingerprint density at radius 1 is 1.47 bits per heavy atom. The van der Waals surface area contributed by atoms with E-state index in [9.17, 15) is 0 Å². The van der Waals surface area contributed by atoms with Gasteiger partial charge in [0, 0.05) is 37.4 Å². The second-order valence-corrected chi connectivity index (χ2v) is 5.13. The van der Waals surface area contributed by atoms with Crippen molar-refractivity contribution < 1.29 is 0 Å². The Kier molecular flexibility index (Phi) is 4.18. The largest absolute Gasteiger partial charge is 0.329 e. The predicted octanol–water partition coefficient (Wildman–Crippen LogP) is 1.65. The normalized spacial score (nSPS) is 19.5. The minimum Gasteiger partial charge on any atom is -0.329 e. The third-order valence-corrected chi connectivity index (χ3v) is 3.70. The average Bonchev–Trinajstić information content (AvgIpc) is 2.67. The van der Waals surface area contributed by atoms with E-state index in [2.05, 4.69) is 23.5 Å². The van der Waals surface area contributed by atoms with E-state index < -0.39 is 0 Å². The highest BCUT2D eigenvalue weighted by Crippen LogP contribution is 2.22. The van der Waals surface area contributed by atoms with Gasteiger partial charge in [0.2, 0.25) is 0 Å². The van der Waals surface area contributed by atoms with Crippen molar-refractivity contribution in [2.45, 2.75) is 51.1 Å². The first-order valence-corrected chi connectivity index (χ1v) is 6.67. The third kappa shape index (κ3) is 3.07. The fraction of sp³-hybridized carbons (Fsp3) is 0.769. The van der Waals surface area contributed by atoms with Gasteiger partial charge < -0.3 is 11.1 Å². The fourth-order valence-electron chi connectivity index (χ4n) is 2.80. The molecule has 1 heterocycles. The second kappa shape index (κ2) is 5.65. The molecule has 0 amide bonds. The highest BCUT2D eigenvalue weighted by molar-refractivity contribution is 5.20. The van der Waals surface area contributed by atoms with Crippen molar-refractivity contribution in [3.8, 4) is 0 Å². The zero-order chi connectivity index (χ0) is 12.3. The average molecular weight is 236 g/mol. The summed E-state index contributed by atoms with van der Waals surface area (Å²) in [5.41, 5.74) is 8.24. The lowest BCUT2D eigenvalue weighted by Crippen LogP contribution is -2.38. The Morgan fingerprint density at radius 2 is 2.18 bits per heavy atom. The Hall–Kier alpha value is -0.870. The molecule has 0 spiro atoms. The van der Waals surface area contributed by atoms with Gasteiger partial charge in [0.15, 0.2) is 0 Å². The molecule has 1 fully saturated rings. The van der Waals surface area contributed by atoms with Crippen molar-refractivity contribution in [2.24, 2.45) is 12.8 Å². The van der Waals surface area contributed by atoms with Gasteiger partial charge >= 0.3 is 0 Å². The van der Waals surface area contributed by atoms with Gasteiger partial charge in [0.25, 0.3) is 0 Å². The van der Waals surface area contributed by atoms with E-state index in [0.29, 0.717) is 12.6 Å². The van der Waals surface area contributed by atoms with Crippen LogP contribution in [0, 0.1) is 6.92 Å². The molecule has 0 bridgehead atoms. The van der Waals surface area contributed by atoms with Crippen molar-refractivity contribution in [1.29, 1.82) is 0 Å². The van der Waals surface area contributed by atoms with Gasteiger partial charge in [-0.1, -0.05) is 19.3 Å². The molecule has 4 heteroatoms. The Bertz CT molecular complexity index is 352. The van der Waals surface area contributed by atoms with Gasteiger partial charge in [-0.2, -0.15) is 5.10 Å². The van der Waals surface area contributed by atoms with Crippen LogP contribution in [0.4, 0.5) is 0 Å². The van der Waals surface area contributed by atoms with Crippen molar-refractivity contribution in [3.05, 3.63) is 17.5 Å². The summed E-state index contributed by atoms with van der Waals surface area (Å²) in [5.74, 6) is 0. The van der Waals surface area contributed by atoms with Gasteiger partial charge in [0.1, 0.15) is 0 Å². The molecule has 96 valence electrons. The highest BCUT2D eigenvalue weighted by Gasteiger charge is 2.20. The molecule has 1 aliphatic rings. The molecule has 1 unspecified atom stereocenters. The molecule has 1 atom stereocenters. The van der Waals surface area contributed by atoms with E-state index in [0.717, 1.165) is 5.69 Å². The maximum absolute atomic E-state index is 5.90. The van der Waals surface area contributed by atoms with Gasteiger partial charge in [-0.05, 0) is 19.8 Å². The third-order valence-electron chi connectivity index (χ3n) is 3.70. The van der Waals surface area contributed by atoms with Gasteiger partial charge in [-0.3, -0.25) is 4.68 Å². The number of aromatic nitrogens is 2. The van der Waals surface area contributed by atoms with Crippen LogP contribution in [-0.2, 0) is 7.05 Å². The van der Waals surface area contributed by atoms with Crippen molar-refractivity contribution in [3.63, 3.8) is 0 Å². The zero-order valence-corrected chi connectivity index (χ0v) is 10.9. The first kappa shape index (κ1) is 12.6. The molecule has 4 nitrogen and oxygen atoms in total. The molecule has 1 aromatic rings. The van der Waals surface area contributed by atoms with E-state index in [1.807, 2.05) is 11.7 Å². The molecule has 1 aliphatic carbocycles. The van der Waals surface area contributed by atoms with Gasteiger partial charge in [-0.25, -0.2) is 0 Å². The monoisotopic (exact) mass is 236 g/mol. The summed E-state index contributed by atoms with van der Waals surface area (Å²) in [7, 11) is 1.96. The van der Waals surface area contributed by atoms with Crippen molar-refractivity contribution >= 4 is 0 Å². The topological polar surface area (TPSA) is 55.9 Å². The summed E-state index contributed by atoms with van der Waals surface area (Å²) in [6.07, 6.45) is 8.74. The molecule has 3 N–H and O–H groups in total. The quantitative estimate of drug-likeness (QED) is 0.836. The van der Waals surface area contributed by atoms with Crippen LogP contribution in [-0.4, -0.2) is 22.4 Å². The molecule has 1 aromatic heterocycles. The predicted molar refractivity (Wildman–Crippen MR) is 69.7 cm³/mol. The molecule has 0 aromatic carbocycles. The van der Waals surface area contributed by atoms with Crippen LogP contribution < -0.4 is 11.1 Å². The first-order valence-electron chi connectivity index (χ1n) is 6.67. The maximum Gasteiger partial charge on any atom is 0.0641 e. The molecule has 0 aliphatic heterocycles. The van der Waals surface area contributed by atoms with E-state index in [-0.39, 0.29) is 6.04 Å². The number of hydrogen-bond donors (Lipinski definition) is 2. The minimum absolute atomic E-state index is 0.256. The van der Waals surface area contributed by atoms with Crippen LogP contribution in [0.3, 0.4) is 0 Å². The van der Waals surface area contributed by atoms with Crippen LogP contribution in [0.1, 0.15) is 49.4 Å². The molecular formula is C13H24N4. The lowest BCUT2D eigenvalue weighted by atomic mass is 9.94. The smallest absolute Gasteiger partial charge is 0.0641 e. The maximum atomic E-state index is 5.90. The molecule has 17 heavy (non-hydrogen) atoms. The minimum atomic E-state index is 0.256. The van der Waals surface area contributed by atoms with Gasteiger partial charge in [-0.15, -0.1) is 0 Å². The molecular weight excluding hydrogens is 212 g/mol. The van der Waals surface area contributed by atoms with Gasteiger partial charge in [0.05, 0.1) is 5.69 Å². The standard InChI is InChI=1S/C13H24N4/c1-10-12(9-17(2)16-10)13(8-14)15-11-6-4-3-5-7-11/h9,11,13,15H,3-8,14H2,1-2H3. The molecule has 2 rings (SSSR count). The lowest BCUT2D eigenvalue weighted by molar-refractivity contribution is 0.340. The summed E-state index contributed by atoms with van der Waals surface area (Å²) >= 11 is 0. The van der Waals surface area contributed by atoms with Crippen molar-refractivity contribution in [1.82, 2.24) is 15.1 Å². The molecule has 0 saturated heterocycles. The number of nitrogens with two attached hydrogens (primary N) is 1. The van der Waals surface area contributed by atoms with Crippen LogP contribution in [0.2, 0.25) is 0 Å². The number of hydrogen-bond acceptors (Lipinski definition) is 3. The van der Waals surface area contributed by atoms with Crippen LogP contribution in [0.5, 0.6) is 0 Å². The Morgan fingerprint density at radius 3 is 2.71 bits per heavy atom. The Labute approximate surface area is 104 Å². The van der Waals surface area contributed by atoms with Crippen molar-refractivity contribution in [2.75, 3.05) is 6.54 Å². The summed E-state index contributed by atoms with van der Waals surface area (Å²) in [6.45, 7) is 2.70. The second-order valence-electron chi connectivity index (χ2n) is 5.13. The van der Waals surface area contributed by atoms with E-state index in [1.165, 1.54) is 37.7 Å². The van der Waals surface area contributed by atoms with E-state index in [1.54, 1.807) is 0 Å². The summed E-state index contributed by atoms with van der Waals surface area (Å²) in [4.78, 5) is 0. The van der Waals surface area contributed by atoms with Crippen LogP contribution in [0.25, 0.3) is 0 Å². The SMILES string of the molecule is Cc1nn(C)cc1C(CN)NC1CCCCC1. The summed E-state index contributed by atoms with van der Waals surface area (Å²) in [6, 6.07) is 0.892.